The molecule has 28 heavy (non-hydrogen) atoms. The number of likely N-dealkylation sites (N-methyl/N-ethyl adjacent to an activating group) is 1. The van der Waals surface area contributed by atoms with Crippen molar-refractivity contribution in [2.24, 2.45) is 0 Å². The van der Waals surface area contributed by atoms with E-state index in [0.29, 0.717) is 11.5 Å². The highest BCUT2D eigenvalue weighted by Crippen LogP contribution is 2.25. The molecule has 4 rings (SSSR count). The van der Waals surface area contributed by atoms with E-state index < -0.39 is 0 Å². The first-order valence-electron chi connectivity index (χ1n) is 9.88. The van der Waals surface area contributed by atoms with Gasteiger partial charge in [0, 0.05) is 51.0 Å². The average Bonchev–Trinajstić information content (AvgIpc) is 3.38. The summed E-state index contributed by atoms with van der Waals surface area (Å²) in [5.41, 5.74) is 0.977. The fourth-order valence-corrected chi connectivity index (χ4v) is 4.36. The van der Waals surface area contributed by atoms with Gasteiger partial charge in [-0.25, -0.2) is 9.97 Å². The van der Waals surface area contributed by atoms with Crippen LogP contribution in [-0.4, -0.2) is 72.0 Å². The number of nitrogens with zero attached hydrogens (tertiary/aromatic N) is 5. The number of aromatic nitrogens is 2. The molecule has 1 amide bonds. The topological polar surface area (TPSA) is 65.7 Å². The third kappa shape index (κ3) is 4.50. The predicted octanol–water partition coefficient (Wildman–Crippen LogP) is 2.66. The Hall–Kier alpha value is -2.06. The van der Waals surface area contributed by atoms with Crippen LogP contribution in [0.15, 0.2) is 27.8 Å². The molecule has 0 spiro atoms. The molecule has 0 atom stereocenters. The SMILES string of the molecule is Cc1cc(N2CCCC2)nc(SCc2ccc(C(=O)N3CCN(C)CC3)o2)n1. The van der Waals surface area contributed by atoms with E-state index in [9.17, 15) is 4.79 Å². The summed E-state index contributed by atoms with van der Waals surface area (Å²) in [4.78, 5) is 28.3. The van der Waals surface area contributed by atoms with Gasteiger partial charge in [-0.05, 0) is 38.9 Å². The van der Waals surface area contributed by atoms with E-state index in [-0.39, 0.29) is 5.91 Å². The van der Waals surface area contributed by atoms with E-state index >= 15 is 0 Å². The van der Waals surface area contributed by atoms with E-state index in [1.165, 1.54) is 12.8 Å². The van der Waals surface area contributed by atoms with Gasteiger partial charge in [0.15, 0.2) is 10.9 Å². The molecule has 0 unspecified atom stereocenters. The Morgan fingerprint density at radius 2 is 1.86 bits per heavy atom. The van der Waals surface area contributed by atoms with Crippen molar-refractivity contribution < 1.29 is 9.21 Å². The second-order valence-electron chi connectivity index (χ2n) is 7.49. The zero-order valence-electron chi connectivity index (χ0n) is 16.6. The summed E-state index contributed by atoms with van der Waals surface area (Å²) in [7, 11) is 2.08. The Kier molecular flexibility index (Phi) is 5.87. The highest BCUT2D eigenvalue weighted by Gasteiger charge is 2.23. The average molecular weight is 402 g/mol. The van der Waals surface area contributed by atoms with Crippen LogP contribution in [0.2, 0.25) is 0 Å². The Labute approximate surface area is 170 Å². The number of hydrogen-bond donors (Lipinski definition) is 0. The number of rotatable bonds is 5. The maximum atomic E-state index is 12.6. The van der Waals surface area contributed by atoms with Crippen molar-refractivity contribution in [1.29, 1.82) is 0 Å². The van der Waals surface area contributed by atoms with Crippen LogP contribution in [0.25, 0.3) is 0 Å². The molecule has 2 aromatic rings. The Balaban J connectivity index is 1.37. The summed E-state index contributed by atoms with van der Waals surface area (Å²) in [5.74, 6) is 2.79. The van der Waals surface area contributed by atoms with Crippen LogP contribution in [0.4, 0.5) is 5.82 Å². The standard InChI is InChI=1S/C20H27N5O2S/c1-15-13-18(24-7-3-4-8-24)22-20(21-15)28-14-16-5-6-17(27-16)19(26)25-11-9-23(2)10-12-25/h5-6,13H,3-4,7-12,14H2,1-2H3. The van der Waals surface area contributed by atoms with E-state index in [2.05, 4.69) is 27.9 Å². The Bertz CT molecular complexity index is 826. The predicted molar refractivity (Wildman–Crippen MR) is 110 cm³/mol. The van der Waals surface area contributed by atoms with Gasteiger partial charge in [-0.3, -0.25) is 4.79 Å². The molecule has 0 N–H and O–H groups in total. The van der Waals surface area contributed by atoms with Crippen molar-refractivity contribution in [2.45, 2.75) is 30.7 Å². The lowest BCUT2D eigenvalue weighted by atomic mass is 10.3. The molecule has 0 aliphatic carbocycles. The summed E-state index contributed by atoms with van der Waals surface area (Å²) in [6.45, 7) is 7.43. The molecule has 2 aliphatic rings. The van der Waals surface area contributed by atoms with E-state index in [1.54, 1.807) is 17.8 Å². The van der Waals surface area contributed by atoms with Gasteiger partial charge < -0.3 is 19.1 Å². The van der Waals surface area contributed by atoms with Gasteiger partial charge in [-0.2, -0.15) is 0 Å². The highest BCUT2D eigenvalue weighted by atomic mass is 32.2. The third-order valence-corrected chi connectivity index (χ3v) is 6.13. The van der Waals surface area contributed by atoms with Crippen LogP contribution in [0.3, 0.4) is 0 Å². The third-order valence-electron chi connectivity index (χ3n) is 5.26. The minimum atomic E-state index is -0.0209. The molecule has 0 saturated carbocycles. The minimum Gasteiger partial charge on any atom is -0.455 e. The van der Waals surface area contributed by atoms with Crippen LogP contribution in [0.5, 0.6) is 0 Å². The Morgan fingerprint density at radius 1 is 1.11 bits per heavy atom. The van der Waals surface area contributed by atoms with Gasteiger partial charge in [0.2, 0.25) is 0 Å². The lowest BCUT2D eigenvalue weighted by Gasteiger charge is -2.31. The van der Waals surface area contributed by atoms with Gasteiger partial charge >= 0.3 is 0 Å². The molecule has 150 valence electrons. The summed E-state index contributed by atoms with van der Waals surface area (Å²) in [5, 5.41) is 0.755. The normalized spacial score (nSPS) is 18.1. The highest BCUT2D eigenvalue weighted by molar-refractivity contribution is 7.98. The maximum Gasteiger partial charge on any atom is 0.289 e. The van der Waals surface area contributed by atoms with Crippen LogP contribution in [0.1, 0.15) is 34.9 Å². The van der Waals surface area contributed by atoms with Gasteiger partial charge in [-0.1, -0.05) is 11.8 Å². The number of carbonyl (C=O) groups is 1. The summed E-state index contributed by atoms with van der Waals surface area (Å²) < 4.78 is 5.82. The molecule has 8 heteroatoms. The fourth-order valence-electron chi connectivity index (χ4n) is 3.57. The van der Waals surface area contributed by atoms with E-state index in [1.807, 2.05) is 17.9 Å². The number of amides is 1. The van der Waals surface area contributed by atoms with Crippen LogP contribution < -0.4 is 4.90 Å². The summed E-state index contributed by atoms with van der Waals surface area (Å²) in [6.07, 6.45) is 2.45. The van der Waals surface area contributed by atoms with E-state index in [0.717, 1.165) is 61.7 Å². The molecule has 2 fully saturated rings. The largest absolute Gasteiger partial charge is 0.455 e. The van der Waals surface area contributed by atoms with E-state index in [4.69, 9.17) is 9.40 Å². The van der Waals surface area contributed by atoms with Crippen molar-refractivity contribution in [2.75, 3.05) is 51.2 Å². The lowest BCUT2D eigenvalue weighted by Crippen LogP contribution is -2.47. The molecule has 0 aromatic carbocycles. The number of hydrogen-bond acceptors (Lipinski definition) is 7. The fraction of sp³-hybridized carbons (Fsp3) is 0.550. The minimum absolute atomic E-state index is 0.0209. The van der Waals surface area contributed by atoms with Crippen molar-refractivity contribution in [3.63, 3.8) is 0 Å². The zero-order valence-corrected chi connectivity index (χ0v) is 17.4. The molecule has 2 saturated heterocycles. The number of thioether (sulfide) groups is 1. The molecular formula is C20H27N5O2S. The molecule has 2 aliphatic heterocycles. The first-order valence-corrected chi connectivity index (χ1v) is 10.9. The van der Waals surface area contributed by atoms with Crippen LogP contribution in [0, 0.1) is 6.92 Å². The first kappa shape index (κ1) is 19.3. The van der Waals surface area contributed by atoms with Crippen molar-refractivity contribution >= 4 is 23.5 Å². The molecule has 0 bridgehead atoms. The van der Waals surface area contributed by atoms with Crippen molar-refractivity contribution in [3.05, 3.63) is 35.4 Å². The zero-order chi connectivity index (χ0) is 19.5. The number of anilines is 1. The number of piperazine rings is 1. The smallest absolute Gasteiger partial charge is 0.289 e. The van der Waals surface area contributed by atoms with Crippen LogP contribution >= 0.6 is 11.8 Å². The number of aryl methyl sites for hydroxylation is 1. The van der Waals surface area contributed by atoms with Gasteiger partial charge in [0.25, 0.3) is 5.91 Å². The molecular weight excluding hydrogens is 374 g/mol. The molecule has 4 heterocycles. The van der Waals surface area contributed by atoms with Gasteiger partial charge in [-0.15, -0.1) is 0 Å². The second kappa shape index (κ2) is 8.53. The lowest BCUT2D eigenvalue weighted by molar-refractivity contribution is 0.0631. The van der Waals surface area contributed by atoms with Crippen molar-refractivity contribution in [3.8, 4) is 0 Å². The molecule has 7 nitrogen and oxygen atoms in total. The number of carbonyl (C=O) groups excluding carboxylic acids is 1. The van der Waals surface area contributed by atoms with Crippen LogP contribution in [-0.2, 0) is 5.75 Å². The second-order valence-corrected chi connectivity index (χ2v) is 8.44. The van der Waals surface area contributed by atoms with Gasteiger partial charge in [0.05, 0.1) is 5.75 Å². The Morgan fingerprint density at radius 3 is 2.61 bits per heavy atom. The molecule has 0 radical (unpaired) electrons. The quantitative estimate of drug-likeness (QED) is 0.564. The maximum absolute atomic E-state index is 12.6. The first-order chi connectivity index (χ1) is 13.6. The summed E-state index contributed by atoms with van der Waals surface area (Å²) in [6, 6.07) is 5.71. The molecule has 2 aromatic heterocycles. The van der Waals surface area contributed by atoms with Gasteiger partial charge in [0.1, 0.15) is 11.6 Å². The van der Waals surface area contributed by atoms with Crippen molar-refractivity contribution in [1.82, 2.24) is 19.8 Å². The number of furan rings is 1. The summed E-state index contributed by atoms with van der Waals surface area (Å²) >= 11 is 1.55. The monoisotopic (exact) mass is 401 g/mol.